The Balaban J connectivity index is 2.58. The monoisotopic (exact) mass is 322 g/mol. The summed E-state index contributed by atoms with van der Waals surface area (Å²) in [4.78, 5) is 0. The Hall–Kier alpha value is -0.550. The quantitative estimate of drug-likeness (QED) is 0.312. The standard InChI is InChI=1S/C20H35OP/c1-4-6-8-9-10-12-15-19(3)22(21,18-7-5-2)20-16-13-11-14-17-20/h11,13-14,16-17,19H,4-10,12,15,18H2,1-3H3/t19-,22-/m1/s1. The average molecular weight is 322 g/mol. The van der Waals surface area contributed by atoms with Gasteiger partial charge in [-0.25, -0.2) is 0 Å². The lowest BCUT2D eigenvalue weighted by molar-refractivity contribution is 0.551. The van der Waals surface area contributed by atoms with Crippen molar-refractivity contribution in [2.75, 3.05) is 6.16 Å². The smallest absolute Gasteiger partial charge is 0.118 e. The molecular formula is C20H35OP. The first-order chi connectivity index (χ1) is 10.6. The summed E-state index contributed by atoms with van der Waals surface area (Å²) < 4.78 is 13.6. The maximum absolute atomic E-state index is 13.6. The summed E-state index contributed by atoms with van der Waals surface area (Å²) in [6, 6.07) is 10.2. The zero-order chi connectivity index (χ0) is 16.3. The van der Waals surface area contributed by atoms with E-state index in [2.05, 4.69) is 32.9 Å². The Bertz CT molecular complexity index is 427. The molecular weight excluding hydrogens is 287 g/mol. The van der Waals surface area contributed by atoms with Crippen molar-refractivity contribution >= 4 is 12.4 Å². The fourth-order valence-corrected chi connectivity index (χ4v) is 6.38. The summed E-state index contributed by atoms with van der Waals surface area (Å²) >= 11 is 0. The first kappa shape index (κ1) is 19.5. The summed E-state index contributed by atoms with van der Waals surface area (Å²) in [6.07, 6.45) is 12.1. The van der Waals surface area contributed by atoms with Gasteiger partial charge in [0, 0.05) is 17.1 Å². The topological polar surface area (TPSA) is 17.1 Å². The normalized spacial score (nSPS) is 15.4. The van der Waals surface area contributed by atoms with Crippen molar-refractivity contribution < 1.29 is 4.57 Å². The molecule has 0 spiro atoms. The van der Waals surface area contributed by atoms with Crippen LogP contribution in [-0.4, -0.2) is 11.8 Å². The molecule has 2 heteroatoms. The van der Waals surface area contributed by atoms with Crippen LogP contribution in [0.3, 0.4) is 0 Å². The number of hydrogen-bond acceptors (Lipinski definition) is 1. The molecule has 1 aromatic carbocycles. The van der Waals surface area contributed by atoms with Gasteiger partial charge in [0.1, 0.15) is 7.14 Å². The summed E-state index contributed by atoms with van der Waals surface area (Å²) in [5.41, 5.74) is 0.327. The second kappa shape index (κ2) is 11.1. The van der Waals surface area contributed by atoms with Gasteiger partial charge in [-0.05, 0) is 12.8 Å². The van der Waals surface area contributed by atoms with E-state index in [-0.39, 0.29) is 0 Å². The van der Waals surface area contributed by atoms with Crippen molar-refractivity contribution in [2.24, 2.45) is 0 Å². The van der Waals surface area contributed by atoms with E-state index < -0.39 is 7.14 Å². The molecule has 1 nitrogen and oxygen atoms in total. The lowest BCUT2D eigenvalue weighted by atomic mass is 10.1. The Kier molecular flexibility index (Phi) is 9.80. The summed E-state index contributed by atoms with van der Waals surface area (Å²) in [6.45, 7) is 6.66. The highest BCUT2D eigenvalue weighted by atomic mass is 31.2. The maximum Gasteiger partial charge on any atom is 0.118 e. The van der Waals surface area contributed by atoms with Crippen LogP contribution in [0.5, 0.6) is 0 Å². The van der Waals surface area contributed by atoms with E-state index in [9.17, 15) is 4.57 Å². The predicted molar refractivity (Wildman–Crippen MR) is 101 cm³/mol. The van der Waals surface area contributed by atoms with Crippen molar-refractivity contribution in [3.05, 3.63) is 30.3 Å². The minimum atomic E-state index is -2.24. The molecule has 0 amide bonds. The van der Waals surface area contributed by atoms with E-state index in [4.69, 9.17) is 0 Å². The molecule has 0 N–H and O–H groups in total. The molecule has 0 aliphatic heterocycles. The molecule has 0 aromatic heterocycles. The zero-order valence-corrected chi connectivity index (χ0v) is 15.8. The van der Waals surface area contributed by atoms with Gasteiger partial charge in [-0.1, -0.05) is 96.0 Å². The molecule has 0 bridgehead atoms. The molecule has 1 aromatic rings. The maximum atomic E-state index is 13.6. The molecule has 0 saturated carbocycles. The highest BCUT2D eigenvalue weighted by molar-refractivity contribution is 7.72. The fourth-order valence-electron chi connectivity index (χ4n) is 3.11. The van der Waals surface area contributed by atoms with Crippen LogP contribution in [0.2, 0.25) is 0 Å². The fraction of sp³-hybridized carbons (Fsp3) is 0.700. The molecule has 22 heavy (non-hydrogen) atoms. The highest BCUT2D eigenvalue weighted by Gasteiger charge is 2.30. The van der Waals surface area contributed by atoms with Gasteiger partial charge < -0.3 is 4.57 Å². The molecule has 126 valence electrons. The third-order valence-electron chi connectivity index (χ3n) is 4.72. The van der Waals surface area contributed by atoms with Crippen LogP contribution in [0.4, 0.5) is 0 Å². The van der Waals surface area contributed by atoms with Crippen LogP contribution in [0.1, 0.15) is 78.6 Å². The number of hydrogen-bond donors (Lipinski definition) is 0. The Morgan fingerprint density at radius 3 is 2.09 bits per heavy atom. The van der Waals surface area contributed by atoms with Crippen LogP contribution in [0, 0.1) is 0 Å². The molecule has 0 aliphatic carbocycles. The van der Waals surface area contributed by atoms with E-state index in [0.29, 0.717) is 5.66 Å². The van der Waals surface area contributed by atoms with Crippen molar-refractivity contribution in [1.82, 2.24) is 0 Å². The summed E-state index contributed by atoms with van der Waals surface area (Å²) in [7, 11) is -2.24. The van der Waals surface area contributed by atoms with Gasteiger partial charge in [0.25, 0.3) is 0 Å². The molecule has 0 heterocycles. The van der Waals surface area contributed by atoms with Crippen LogP contribution < -0.4 is 5.30 Å². The van der Waals surface area contributed by atoms with E-state index in [0.717, 1.165) is 30.7 Å². The first-order valence-electron chi connectivity index (χ1n) is 9.29. The van der Waals surface area contributed by atoms with Crippen molar-refractivity contribution in [2.45, 2.75) is 84.2 Å². The largest absolute Gasteiger partial charge is 0.318 e. The third-order valence-corrected chi connectivity index (χ3v) is 8.56. The van der Waals surface area contributed by atoms with Crippen molar-refractivity contribution in [1.29, 1.82) is 0 Å². The SMILES string of the molecule is CCCCCCCC[C@@H](C)[P@](=O)(CCCC)c1ccccc1. The van der Waals surface area contributed by atoms with Crippen LogP contribution >= 0.6 is 7.14 Å². The number of rotatable bonds is 12. The molecule has 0 unspecified atom stereocenters. The number of unbranched alkanes of at least 4 members (excludes halogenated alkanes) is 6. The van der Waals surface area contributed by atoms with Crippen molar-refractivity contribution in [3.63, 3.8) is 0 Å². The molecule has 0 radical (unpaired) electrons. The second-order valence-corrected chi connectivity index (χ2v) is 10.1. The van der Waals surface area contributed by atoms with Crippen LogP contribution in [0.25, 0.3) is 0 Å². The molecule has 2 atom stereocenters. The molecule has 1 rings (SSSR count). The Morgan fingerprint density at radius 1 is 0.864 bits per heavy atom. The van der Waals surface area contributed by atoms with E-state index in [1.165, 1.54) is 38.5 Å². The van der Waals surface area contributed by atoms with Gasteiger partial charge in [-0.2, -0.15) is 0 Å². The summed E-state index contributed by atoms with van der Waals surface area (Å²) in [5, 5.41) is 1.10. The molecule has 0 fully saturated rings. The lowest BCUT2D eigenvalue weighted by Crippen LogP contribution is -2.17. The van der Waals surface area contributed by atoms with Crippen LogP contribution in [-0.2, 0) is 4.57 Å². The first-order valence-corrected chi connectivity index (χ1v) is 11.3. The van der Waals surface area contributed by atoms with Gasteiger partial charge in [0.05, 0.1) is 0 Å². The van der Waals surface area contributed by atoms with Gasteiger partial charge in [0.2, 0.25) is 0 Å². The lowest BCUT2D eigenvalue weighted by Gasteiger charge is -2.25. The predicted octanol–water partition coefficient (Wildman–Crippen LogP) is 6.61. The van der Waals surface area contributed by atoms with E-state index >= 15 is 0 Å². The minimum absolute atomic E-state index is 0.327. The van der Waals surface area contributed by atoms with Crippen molar-refractivity contribution in [3.8, 4) is 0 Å². The van der Waals surface area contributed by atoms with Gasteiger partial charge in [-0.3, -0.25) is 0 Å². The van der Waals surface area contributed by atoms with Crippen LogP contribution in [0.15, 0.2) is 30.3 Å². The summed E-state index contributed by atoms with van der Waals surface area (Å²) in [5.74, 6) is 0. The second-order valence-electron chi connectivity index (χ2n) is 6.61. The van der Waals surface area contributed by atoms with Gasteiger partial charge in [0.15, 0.2) is 0 Å². The minimum Gasteiger partial charge on any atom is -0.318 e. The zero-order valence-electron chi connectivity index (χ0n) is 14.9. The highest BCUT2D eigenvalue weighted by Crippen LogP contribution is 2.52. The van der Waals surface area contributed by atoms with Gasteiger partial charge >= 0.3 is 0 Å². The Labute approximate surface area is 138 Å². The molecule has 0 aliphatic rings. The van der Waals surface area contributed by atoms with E-state index in [1.807, 2.05) is 18.2 Å². The molecule has 0 saturated heterocycles. The van der Waals surface area contributed by atoms with E-state index in [1.54, 1.807) is 0 Å². The average Bonchev–Trinajstić information content (AvgIpc) is 2.56. The van der Waals surface area contributed by atoms with Gasteiger partial charge in [-0.15, -0.1) is 0 Å². The third kappa shape index (κ3) is 6.29. The number of benzene rings is 1. The Morgan fingerprint density at radius 2 is 1.45 bits per heavy atom.